The van der Waals surface area contributed by atoms with Crippen molar-refractivity contribution in [1.82, 2.24) is 0 Å². The summed E-state index contributed by atoms with van der Waals surface area (Å²) in [5, 5.41) is 0. The van der Waals surface area contributed by atoms with Crippen LogP contribution in [0.15, 0.2) is 48.5 Å². The van der Waals surface area contributed by atoms with Gasteiger partial charge in [0.25, 0.3) is 0 Å². The Balaban J connectivity index is 2.18. The Labute approximate surface area is 120 Å². The van der Waals surface area contributed by atoms with Crippen LogP contribution in [0.4, 0.5) is 5.69 Å². The van der Waals surface area contributed by atoms with Gasteiger partial charge < -0.3 is 10.5 Å². The maximum Gasteiger partial charge on any atom is 0.124 e. The van der Waals surface area contributed by atoms with Gasteiger partial charge in [-0.2, -0.15) is 0 Å². The van der Waals surface area contributed by atoms with E-state index in [2.05, 4.69) is 51.1 Å². The zero-order valence-electron chi connectivity index (χ0n) is 12.3. The molecular weight excluding hydrogens is 246 g/mol. The Hall–Kier alpha value is -1.96. The van der Waals surface area contributed by atoms with Crippen LogP contribution in [0.1, 0.15) is 38.3 Å². The number of anilines is 1. The molecule has 0 saturated heterocycles. The molecule has 2 aromatic rings. The molecule has 1 heterocycles. The van der Waals surface area contributed by atoms with Gasteiger partial charge in [-0.15, -0.1) is 0 Å². The summed E-state index contributed by atoms with van der Waals surface area (Å²) in [6.45, 7) is 6.60. The van der Waals surface area contributed by atoms with E-state index in [0.717, 1.165) is 17.9 Å². The van der Waals surface area contributed by atoms with Gasteiger partial charge in [-0.3, -0.25) is 0 Å². The number of fused-ring (bicyclic) bond motifs is 1. The van der Waals surface area contributed by atoms with Gasteiger partial charge in [0.1, 0.15) is 11.4 Å². The summed E-state index contributed by atoms with van der Waals surface area (Å²) in [5.41, 5.74) is 8.94. The van der Waals surface area contributed by atoms with Crippen molar-refractivity contribution >= 4 is 5.69 Å². The van der Waals surface area contributed by atoms with E-state index < -0.39 is 0 Å². The van der Waals surface area contributed by atoms with Gasteiger partial charge in [0, 0.05) is 23.1 Å². The van der Waals surface area contributed by atoms with Crippen molar-refractivity contribution < 1.29 is 4.74 Å². The van der Waals surface area contributed by atoms with Crippen LogP contribution in [0.2, 0.25) is 0 Å². The first-order valence-corrected chi connectivity index (χ1v) is 7.05. The average molecular weight is 267 g/mol. The summed E-state index contributed by atoms with van der Waals surface area (Å²) in [6, 6.07) is 16.6. The van der Waals surface area contributed by atoms with Crippen molar-refractivity contribution in [3.8, 4) is 5.75 Å². The Bertz CT molecular complexity index is 630. The van der Waals surface area contributed by atoms with Gasteiger partial charge in [0.15, 0.2) is 0 Å². The molecule has 0 saturated carbocycles. The number of ether oxygens (including phenoxy) is 1. The van der Waals surface area contributed by atoms with Crippen molar-refractivity contribution in [1.29, 1.82) is 0 Å². The van der Waals surface area contributed by atoms with Crippen LogP contribution in [0.3, 0.4) is 0 Å². The normalized spacial score (nSPS) is 23.8. The van der Waals surface area contributed by atoms with Crippen LogP contribution in [0.25, 0.3) is 0 Å². The van der Waals surface area contributed by atoms with Gasteiger partial charge in [-0.25, -0.2) is 0 Å². The lowest BCUT2D eigenvalue weighted by Crippen LogP contribution is -2.43. The Kier molecular flexibility index (Phi) is 2.79. The molecule has 3 rings (SSSR count). The monoisotopic (exact) mass is 267 g/mol. The van der Waals surface area contributed by atoms with E-state index in [-0.39, 0.29) is 11.0 Å². The zero-order chi connectivity index (χ0) is 14.4. The maximum absolute atomic E-state index is 6.14. The fourth-order valence-electron chi connectivity index (χ4n) is 3.40. The second kappa shape index (κ2) is 4.27. The molecule has 1 aliphatic heterocycles. The van der Waals surface area contributed by atoms with Crippen LogP contribution in [0, 0.1) is 0 Å². The topological polar surface area (TPSA) is 35.2 Å². The van der Waals surface area contributed by atoms with E-state index in [1.165, 1.54) is 11.1 Å². The molecule has 104 valence electrons. The predicted octanol–water partition coefficient (Wildman–Crippen LogP) is 4.14. The zero-order valence-corrected chi connectivity index (χ0v) is 12.3. The summed E-state index contributed by atoms with van der Waals surface area (Å²) < 4.78 is 6.14. The van der Waals surface area contributed by atoms with Crippen LogP contribution >= 0.6 is 0 Å². The minimum absolute atomic E-state index is 0.0496. The molecule has 0 radical (unpaired) electrons. The van der Waals surface area contributed by atoms with E-state index in [1.807, 2.05) is 18.2 Å². The number of rotatable bonds is 1. The van der Waals surface area contributed by atoms with Crippen molar-refractivity contribution in [2.24, 2.45) is 0 Å². The number of hydrogen-bond donors (Lipinski definition) is 1. The minimum atomic E-state index is -0.176. The molecule has 2 N–H and O–H groups in total. The van der Waals surface area contributed by atoms with Crippen LogP contribution in [0.5, 0.6) is 5.75 Å². The van der Waals surface area contributed by atoms with Crippen molar-refractivity contribution in [2.45, 2.75) is 38.2 Å². The molecule has 2 heteroatoms. The molecule has 1 aliphatic rings. The molecule has 0 aromatic heterocycles. The third-order valence-electron chi connectivity index (χ3n) is 4.19. The molecular formula is C18H21NO. The summed E-state index contributed by atoms with van der Waals surface area (Å²) in [7, 11) is 0. The van der Waals surface area contributed by atoms with Crippen molar-refractivity contribution in [3.63, 3.8) is 0 Å². The lowest BCUT2D eigenvalue weighted by atomic mass is 9.68. The molecule has 0 fully saturated rings. The van der Waals surface area contributed by atoms with Crippen LogP contribution in [-0.4, -0.2) is 5.60 Å². The van der Waals surface area contributed by atoms with E-state index in [9.17, 15) is 0 Å². The predicted molar refractivity (Wildman–Crippen MR) is 83.1 cm³/mol. The molecule has 0 amide bonds. The highest BCUT2D eigenvalue weighted by Gasteiger charge is 2.42. The Morgan fingerprint density at radius 1 is 0.950 bits per heavy atom. The fourth-order valence-corrected chi connectivity index (χ4v) is 3.40. The third-order valence-corrected chi connectivity index (χ3v) is 4.19. The first-order valence-electron chi connectivity index (χ1n) is 7.05. The maximum atomic E-state index is 6.14. The van der Waals surface area contributed by atoms with E-state index in [1.54, 1.807) is 0 Å². The minimum Gasteiger partial charge on any atom is -0.488 e. The lowest BCUT2D eigenvalue weighted by molar-refractivity contribution is 0.0583. The number of para-hydroxylation sites is 1. The second-order valence-electron chi connectivity index (χ2n) is 6.49. The number of nitrogen functional groups attached to an aromatic ring is 1. The third kappa shape index (κ3) is 2.05. The first-order chi connectivity index (χ1) is 9.41. The van der Waals surface area contributed by atoms with E-state index >= 15 is 0 Å². The standard InChI is InChI=1S/C18H21NO/c1-17(2)12-18(3,13-8-10-14(19)11-9-13)15-6-4-5-7-16(15)20-17/h4-11H,12,19H2,1-3H3. The summed E-state index contributed by atoms with van der Waals surface area (Å²) in [6.07, 6.45) is 0.945. The SMILES string of the molecule is CC1(C)CC(C)(c2ccc(N)cc2)c2ccccc2O1. The average Bonchev–Trinajstić information content (AvgIpc) is 2.38. The van der Waals surface area contributed by atoms with Gasteiger partial charge in [0.05, 0.1) is 0 Å². The molecule has 20 heavy (non-hydrogen) atoms. The van der Waals surface area contributed by atoms with Gasteiger partial charge in [-0.1, -0.05) is 37.3 Å². The van der Waals surface area contributed by atoms with Crippen LogP contribution < -0.4 is 10.5 Å². The van der Waals surface area contributed by atoms with E-state index in [0.29, 0.717) is 0 Å². The number of benzene rings is 2. The van der Waals surface area contributed by atoms with Gasteiger partial charge in [0.2, 0.25) is 0 Å². The van der Waals surface area contributed by atoms with Gasteiger partial charge >= 0.3 is 0 Å². The highest BCUT2D eigenvalue weighted by Crippen LogP contribution is 2.48. The second-order valence-corrected chi connectivity index (χ2v) is 6.49. The highest BCUT2D eigenvalue weighted by atomic mass is 16.5. The van der Waals surface area contributed by atoms with Gasteiger partial charge in [-0.05, 0) is 37.6 Å². The summed E-state index contributed by atoms with van der Waals surface area (Å²) in [4.78, 5) is 0. The summed E-state index contributed by atoms with van der Waals surface area (Å²) >= 11 is 0. The van der Waals surface area contributed by atoms with Crippen molar-refractivity contribution in [2.75, 3.05) is 5.73 Å². The fraction of sp³-hybridized carbons (Fsp3) is 0.333. The molecule has 0 aliphatic carbocycles. The summed E-state index contributed by atoms with van der Waals surface area (Å²) in [5.74, 6) is 0.989. The molecule has 2 aromatic carbocycles. The quantitative estimate of drug-likeness (QED) is 0.788. The number of hydrogen-bond acceptors (Lipinski definition) is 2. The molecule has 1 unspecified atom stereocenters. The molecule has 2 nitrogen and oxygen atoms in total. The highest BCUT2D eigenvalue weighted by molar-refractivity contribution is 5.51. The Morgan fingerprint density at radius 2 is 1.60 bits per heavy atom. The van der Waals surface area contributed by atoms with Crippen molar-refractivity contribution in [3.05, 3.63) is 59.7 Å². The molecule has 0 bridgehead atoms. The largest absolute Gasteiger partial charge is 0.488 e. The number of nitrogens with two attached hydrogens (primary N) is 1. The molecule has 1 atom stereocenters. The Morgan fingerprint density at radius 3 is 2.30 bits per heavy atom. The lowest BCUT2D eigenvalue weighted by Gasteiger charge is -2.44. The van der Waals surface area contributed by atoms with Crippen LogP contribution in [-0.2, 0) is 5.41 Å². The first kappa shape index (κ1) is 13.0. The van der Waals surface area contributed by atoms with E-state index in [4.69, 9.17) is 10.5 Å². The smallest absolute Gasteiger partial charge is 0.124 e. The molecule has 0 spiro atoms.